The summed E-state index contributed by atoms with van der Waals surface area (Å²) >= 11 is 12.0. The molecule has 2 unspecified atom stereocenters. The van der Waals surface area contributed by atoms with E-state index in [2.05, 4.69) is 12.1 Å². The highest BCUT2D eigenvalue weighted by Crippen LogP contribution is 2.44. The molecule has 1 amide bonds. The molecule has 2 atom stereocenters. The number of ether oxygens (including phenoxy) is 2. The van der Waals surface area contributed by atoms with Crippen molar-refractivity contribution in [1.29, 1.82) is 0 Å². The van der Waals surface area contributed by atoms with Crippen molar-refractivity contribution in [2.45, 2.75) is 31.1 Å². The number of hydrogen-bond acceptors (Lipinski definition) is 4. The number of carboxylic acids is 1. The molecule has 1 fully saturated rings. The molecule has 3 aromatic rings. The van der Waals surface area contributed by atoms with Gasteiger partial charge in [0.2, 0.25) is 0 Å². The second-order valence-corrected chi connectivity index (χ2v) is 9.54. The average Bonchev–Trinajstić information content (AvgIpc) is 3.43. The molecular formula is C27H23Cl2NO5. The van der Waals surface area contributed by atoms with E-state index in [0.29, 0.717) is 10.0 Å². The first kappa shape index (κ1) is 23.7. The number of halogens is 2. The molecule has 35 heavy (non-hydrogen) atoms. The summed E-state index contributed by atoms with van der Waals surface area (Å²) in [5.74, 6) is -1.18. The third-order valence-electron chi connectivity index (χ3n) is 6.59. The zero-order valence-corrected chi connectivity index (χ0v) is 20.2. The lowest BCUT2D eigenvalue weighted by atomic mass is 9.98. The van der Waals surface area contributed by atoms with Gasteiger partial charge in [-0.2, -0.15) is 0 Å². The normalized spacial score (nSPS) is 18.9. The summed E-state index contributed by atoms with van der Waals surface area (Å²) in [6.45, 7) is 0.492. The van der Waals surface area contributed by atoms with Gasteiger partial charge in [0, 0.05) is 12.3 Å². The fourth-order valence-corrected chi connectivity index (χ4v) is 5.20. The highest BCUT2D eigenvalue weighted by atomic mass is 35.5. The Bertz CT molecular complexity index is 1230. The summed E-state index contributed by atoms with van der Waals surface area (Å²) in [5.41, 5.74) is 5.26. The van der Waals surface area contributed by atoms with E-state index < -0.39 is 24.2 Å². The van der Waals surface area contributed by atoms with E-state index in [1.807, 2.05) is 36.4 Å². The van der Waals surface area contributed by atoms with Gasteiger partial charge in [0.1, 0.15) is 12.6 Å². The number of likely N-dealkylation sites (tertiary alicyclic amines) is 1. The van der Waals surface area contributed by atoms with E-state index in [1.165, 1.54) is 4.90 Å². The lowest BCUT2D eigenvalue weighted by Crippen LogP contribution is -2.41. The first-order valence-corrected chi connectivity index (χ1v) is 12.1. The topological polar surface area (TPSA) is 76.1 Å². The van der Waals surface area contributed by atoms with Crippen molar-refractivity contribution < 1.29 is 24.2 Å². The van der Waals surface area contributed by atoms with E-state index in [0.717, 1.165) is 27.8 Å². The predicted molar refractivity (Wildman–Crippen MR) is 133 cm³/mol. The molecule has 1 aliphatic carbocycles. The van der Waals surface area contributed by atoms with Crippen LogP contribution in [0.5, 0.6) is 0 Å². The maximum atomic E-state index is 13.0. The van der Waals surface area contributed by atoms with E-state index in [-0.39, 0.29) is 32.1 Å². The SMILES string of the molecule is O=C(O)C1CC(OCc2ccc(Cl)c(Cl)c2)CN1C(=O)OCC1c2ccccc2-c2ccccc21. The highest BCUT2D eigenvalue weighted by molar-refractivity contribution is 6.42. The average molecular weight is 512 g/mol. The van der Waals surface area contributed by atoms with E-state index in [1.54, 1.807) is 18.2 Å². The van der Waals surface area contributed by atoms with Gasteiger partial charge in [0.25, 0.3) is 0 Å². The first-order chi connectivity index (χ1) is 16.9. The third kappa shape index (κ3) is 4.74. The van der Waals surface area contributed by atoms with Crippen molar-refractivity contribution in [2.24, 2.45) is 0 Å². The minimum atomic E-state index is -1.08. The number of nitrogens with zero attached hydrogens (tertiary/aromatic N) is 1. The molecule has 5 rings (SSSR count). The van der Waals surface area contributed by atoms with Crippen molar-refractivity contribution >= 4 is 35.3 Å². The van der Waals surface area contributed by atoms with Crippen LogP contribution in [0.1, 0.15) is 29.0 Å². The molecule has 2 aliphatic rings. The van der Waals surface area contributed by atoms with E-state index >= 15 is 0 Å². The Morgan fingerprint density at radius 1 is 0.943 bits per heavy atom. The van der Waals surface area contributed by atoms with Crippen molar-refractivity contribution in [3.63, 3.8) is 0 Å². The molecule has 8 heteroatoms. The first-order valence-electron chi connectivity index (χ1n) is 11.3. The minimum Gasteiger partial charge on any atom is -0.480 e. The van der Waals surface area contributed by atoms with Crippen LogP contribution >= 0.6 is 23.2 Å². The van der Waals surface area contributed by atoms with Crippen molar-refractivity contribution in [3.05, 3.63) is 93.5 Å². The number of carbonyl (C=O) groups is 2. The maximum absolute atomic E-state index is 13.0. The van der Waals surface area contributed by atoms with Crippen LogP contribution in [-0.4, -0.2) is 47.4 Å². The summed E-state index contributed by atoms with van der Waals surface area (Å²) in [6, 6.07) is 20.3. The fourth-order valence-electron chi connectivity index (χ4n) is 4.87. The van der Waals surface area contributed by atoms with Crippen LogP contribution in [-0.2, 0) is 20.9 Å². The number of amides is 1. The molecule has 3 aromatic carbocycles. The van der Waals surface area contributed by atoms with Gasteiger partial charge >= 0.3 is 12.1 Å². The second kappa shape index (κ2) is 9.90. The Kier molecular flexibility index (Phi) is 6.69. The number of hydrogen-bond donors (Lipinski definition) is 1. The van der Waals surface area contributed by atoms with Gasteiger partial charge in [0.15, 0.2) is 0 Å². The smallest absolute Gasteiger partial charge is 0.410 e. The van der Waals surface area contributed by atoms with E-state index in [9.17, 15) is 14.7 Å². The molecule has 1 saturated heterocycles. The molecule has 0 spiro atoms. The monoisotopic (exact) mass is 511 g/mol. The molecule has 1 N–H and O–H groups in total. The Morgan fingerprint density at radius 3 is 2.23 bits per heavy atom. The lowest BCUT2D eigenvalue weighted by molar-refractivity contribution is -0.141. The molecule has 1 heterocycles. The number of rotatable bonds is 6. The molecule has 1 aliphatic heterocycles. The zero-order chi connectivity index (χ0) is 24.5. The fraction of sp³-hybridized carbons (Fsp3) is 0.259. The number of carboxylic acid groups (broad SMARTS) is 1. The number of benzene rings is 3. The quantitative estimate of drug-likeness (QED) is 0.440. The molecule has 180 valence electrons. The van der Waals surface area contributed by atoms with Crippen LogP contribution < -0.4 is 0 Å². The molecular weight excluding hydrogens is 489 g/mol. The summed E-state index contributed by atoms with van der Waals surface area (Å²) in [4.78, 5) is 26.1. The van der Waals surface area contributed by atoms with E-state index in [4.69, 9.17) is 32.7 Å². The Balaban J connectivity index is 1.25. The lowest BCUT2D eigenvalue weighted by Gasteiger charge is -2.22. The minimum absolute atomic E-state index is 0.0982. The van der Waals surface area contributed by atoms with Crippen LogP contribution in [0.3, 0.4) is 0 Å². The van der Waals surface area contributed by atoms with Gasteiger partial charge in [-0.05, 0) is 39.9 Å². The summed E-state index contributed by atoms with van der Waals surface area (Å²) in [7, 11) is 0. The summed E-state index contributed by atoms with van der Waals surface area (Å²) < 4.78 is 11.6. The van der Waals surface area contributed by atoms with Crippen LogP contribution in [0.25, 0.3) is 11.1 Å². The van der Waals surface area contributed by atoms with Crippen molar-refractivity contribution in [1.82, 2.24) is 4.90 Å². The highest BCUT2D eigenvalue weighted by Gasteiger charge is 2.41. The van der Waals surface area contributed by atoms with Crippen LogP contribution in [0.4, 0.5) is 4.79 Å². The van der Waals surface area contributed by atoms with Crippen molar-refractivity contribution in [3.8, 4) is 11.1 Å². The van der Waals surface area contributed by atoms with Gasteiger partial charge in [-0.1, -0.05) is 77.8 Å². The number of carbonyl (C=O) groups excluding carboxylic acids is 1. The molecule has 0 saturated carbocycles. The predicted octanol–water partition coefficient (Wildman–Crippen LogP) is 5.99. The van der Waals surface area contributed by atoms with Crippen molar-refractivity contribution in [2.75, 3.05) is 13.2 Å². The number of fused-ring (bicyclic) bond motifs is 3. The third-order valence-corrected chi connectivity index (χ3v) is 7.33. The molecule has 0 bridgehead atoms. The molecule has 0 aromatic heterocycles. The van der Waals surface area contributed by atoms with Gasteiger partial charge in [0.05, 0.1) is 29.3 Å². The van der Waals surface area contributed by atoms with Gasteiger partial charge in [-0.3, -0.25) is 4.90 Å². The van der Waals surface area contributed by atoms with Crippen LogP contribution in [0.15, 0.2) is 66.7 Å². The Morgan fingerprint density at radius 2 is 1.60 bits per heavy atom. The Labute approximate surface area is 213 Å². The number of aliphatic carboxylic acids is 1. The van der Waals surface area contributed by atoms with Crippen LogP contribution in [0, 0.1) is 0 Å². The standard InChI is InChI=1S/C27H23Cl2NO5/c28-23-10-9-16(11-24(23)29)14-34-17-12-25(26(31)32)30(13-17)27(33)35-15-22-20-7-3-1-5-18(20)19-6-2-4-8-21(19)22/h1-11,17,22,25H,12-15H2,(H,31,32). The van der Waals surface area contributed by atoms with Gasteiger partial charge in [-0.25, -0.2) is 9.59 Å². The molecule has 6 nitrogen and oxygen atoms in total. The maximum Gasteiger partial charge on any atom is 0.410 e. The largest absolute Gasteiger partial charge is 0.480 e. The van der Waals surface area contributed by atoms with Crippen LogP contribution in [0.2, 0.25) is 10.0 Å². The summed E-state index contributed by atoms with van der Waals surface area (Å²) in [5, 5.41) is 10.6. The summed E-state index contributed by atoms with van der Waals surface area (Å²) in [6.07, 6.45) is -0.910. The second-order valence-electron chi connectivity index (χ2n) is 8.73. The zero-order valence-electron chi connectivity index (χ0n) is 18.7. The Hall–Kier alpha value is -3.06. The molecule has 0 radical (unpaired) electrons. The van der Waals surface area contributed by atoms with Gasteiger partial charge in [-0.15, -0.1) is 0 Å². The van der Waals surface area contributed by atoms with Gasteiger partial charge < -0.3 is 14.6 Å².